The summed E-state index contributed by atoms with van der Waals surface area (Å²) in [7, 11) is 0. The molecule has 0 saturated carbocycles. The Hall–Kier alpha value is -3.64. The Morgan fingerprint density at radius 2 is 1.77 bits per heavy atom. The zero-order valence-corrected chi connectivity index (χ0v) is 17.1. The van der Waals surface area contributed by atoms with Crippen LogP contribution in [0.15, 0.2) is 79.4 Å². The molecule has 31 heavy (non-hydrogen) atoms. The summed E-state index contributed by atoms with van der Waals surface area (Å²) in [5, 5.41) is 5.53. The molecule has 1 amide bonds. The quantitative estimate of drug-likeness (QED) is 0.550. The first-order valence-electron chi connectivity index (χ1n) is 10.5. The third kappa shape index (κ3) is 4.02. The molecule has 4 heterocycles. The highest BCUT2D eigenvalue weighted by Crippen LogP contribution is 2.25. The van der Waals surface area contributed by atoms with Crippen LogP contribution < -0.4 is 10.2 Å². The van der Waals surface area contributed by atoms with E-state index in [1.165, 1.54) is 0 Å². The maximum Gasteiger partial charge on any atom is 0.278 e. The van der Waals surface area contributed by atoms with Crippen LogP contribution in [0.2, 0.25) is 0 Å². The topological polar surface area (TPSA) is 71.0 Å². The summed E-state index contributed by atoms with van der Waals surface area (Å²) in [4.78, 5) is 28.6. The Morgan fingerprint density at radius 1 is 0.935 bits per heavy atom. The predicted molar refractivity (Wildman–Crippen MR) is 122 cm³/mol. The molecular weight excluding hydrogens is 386 g/mol. The van der Waals surface area contributed by atoms with Crippen molar-refractivity contribution in [1.82, 2.24) is 20.3 Å². The number of amides is 1. The molecule has 5 rings (SSSR count). The summed E-state index contributed by atoms with van der Waals surface area (Å²) < 4.78 is 0. The molecule has 0 bridgehead atoms. The van der Waals surface area contributed by atoms with E-state index in [2.05, 4.69) is 20.3 Å². The Balaban J connectivity index is 1.50. The van der Waals surface area contributed by atoms with Crippen molar-refractivity contribution in [2.45, 2.75) is 18.9 Å². The number of nitrogens with zero attached hydrogens (tertiary/aromatic N) is 4. The van der Waals surface area contributed by atoms with Gasteiger partial charge in [0.15, 0.2) is 0 Å². The highest BCUT2D eigenvalue weighted by atomic mass is 16.2. The molecule has 1 aliphatic heterocycles. The van der Waals surface area contributed by atoms with Gasteiger partial charge in [0.1, 0.15) is 11.5 Å². The Bertz CT molecular complexity index is 1190. The molecule has 6 heteroatoms. The maximum atomic E-state index is 13.6. The van der Waals surface area contributed by atoms with Crippen LogP contribution in [0.5, 0.6) is 0 Å². The minimum absolute atomic E-state index is 0.0385. The SMILES string of the molecule is O=C(c1ccc(-c2ccncc2)cn1)N(c1cc2ccccc2cn1)[C@@H]1CCCNC1. The van der Waals surface area contributed by atoms with Gasteiger partial charge in [-0.25, -0.2) is 4.98 Å². The lowest BCUT2D eigenvalue weighted by molar-refractivity contribution is 0.0966. The number of fused-ring (bicyclic) bond motifs is 1. The Kier molecular flexibility index (Phi) is 5.37. The predicted octanol–water partition coefficient (Wildman–Crippen LogP) is 4.09. The van der Waals surface area contributed by atoms with Crippen LogP contribution >= 0.6 is 0 Å². The summed E-state index contributed by atoms with van der Waals surface area (Å²) in [6.07, 6.45) is 9.03. The van der Waals surface area contributed by atoms with Gasteiger partial charge in [0.2, 0.25) is 0 Å². The number of carbonyl (C=O) groups excluding carboxylic acids is 1. The van der Waals surface area contributed by atoms with Gasteiger partial charge in [-0.2, -0.15) is 0 Å². The van der Waals surface area contributed by atoms with Gasteiger partial charge < -0.3 is 5.32 Å². The van der Waals surface area contributed by atoms with Crippen molar-refractivity contribution in [3.8, 4) is 11.1 Å². The fourth-order valence-electron chi connectivity index (χ4n) is 4.07. The maximum absolute atomic E-state index is 13.6. The monoisotopic (exact) mass is 409 g/mol. The average Bonchev–Trinajstić information content (AvgIpc) is 2.85. The number of rotatable bonds is 4. The minimum Gasteiger partial charge on any atom is -0.315 e. The van der Waals surface area contributed by atoms with E-state index in [0.29, 0.717) is 11.5 Å². The van der Waals surface area contributed by atoms with Gasteiger partial charge in [0.05, 0.1) is 6.04 Å². The number of carbonyl (C=O) groups is 1. The Labute approximate surface area is 181 Å². The van der Waals surface area contributed by atoms with Crippen LogP contribution in [0, 0.1) is 0 Å². The molecule has 0 spiro atoms. The van der Waals surface area contributed by atoms with E-state index in [1.807, 2.05) is 59.6 Å². The van der Waals surface area contributed by atoms with E-state index in [1.54, 1.807) is 24.7 Å². The molecule has 1 aliphatic rings. The van der Waals surface area contributed by atoms with Crippen LogP contribution in [0.3, 0.4) is 0 Å². The lowest BCUT2D eigenvalue weighted by Gasteiger charge is -2.34. The molecule has 0 radical (unpaired) electrons. The van der Waals surface area contributed by atoms with Gasteiger partial charge >= 0.3 is 0 Å². The van der Waals surface area contributed by atoms with Crippen molar-refractivity contribution in [2.75, 3.05) is 18.0 Å². The van der Waals surface area contributed by atoms with Crippen molar-refractivity contribution in [2.24, 2.45) is 0 Å². The van der Waals surface area contributed by atoms with Gasteiger partial charge in [-0.05, 0) is 54.6 Å². The number of aromatic nitrogens is 3. The highest BCUT2D eigenvalue weighted by Gasteiger charge is 2.29. The Morgan fingerprint density at radius 3 is 2.52 bits per heavy atom. The first kappa shape index (κ1) is 19.3. The summed E-state index contributed by atoms with van der Waals surface area (Å²) in [6, 6.07) is 17.7. The van der Waals surface area contributed by atoms with Gasteiger partial charge in [0, 0.05) is 42.3 Å². The minimum atomic E-state index is -0.127. The van der Waals surface area contributed by atoms with E-state index >= 15 is 0 Å². The number of benzene rings is 1. The molecular formula is C25H23N5O. The number of piperidine rings is 1. The highest BCUT2D eigenvalue weighted by molar-refractivity contribution is 6.05. The molecule has 4 aromatic rings. The molecule has 1 saturated heterocycles. The van der Waals surface area contributed by atoms with Crippen LogP contribution in [0.4, 0.5) is 5.82 Å². The lowest BCUT2D eigenvalue weighted by atomic mass is 10.0. The van der Waals surface area contributed by atoms with Crippen LogP contribution in [0.1, 0.15) is 23.3 Å². The lowest BCUT2D eigenvalue weighted by Crippen LogP contribution is -2.49. The first-order valence-corrected chi connectivity index (χ1v) is 10.5. The largest absolute Gasteiger partial charge is 0.315 e. The second-order valence-corrected chi connectivity index (χ2v) is 7.73. The van der Waals surface area contributed by atoms with Crippen LogP contribution in [-0.2, 0) is 0 Å². The van der Waals surface area contributed by atoms with E-state index < -0.39 is 0 Å². The van der Waals surface area contributed by atoms with Gasteiger partial charge in [-0.15, -0.1) is 0 Å². The third-order valence-corrected chi connectivity index (χ3v) is 5.71. The number of hydrogen-bond donors (Lipinski definition) is 1. The fraction of sp³-hybridized carbons (Fsp3) is 0.200. The number of anilines is 1. The van der Waals surface area contributed by atoms with E-state index in [0.717, 1.165) is 47.8 Å². The smallest absolute Gasteiger partial charge is 0.278 e. The van der Waals surface area contributed by atoms with Crippen molar-refractivity contribution in [1.29, 1.82) is 0 Å². The van der Waals surface area contributed by atoms with Crippen molar-refractivity contribution in [3.63, 3.8) is 0 Å². The van der Waals surface area contributed by atoms with E-state index in [-0.39, 0.29) is 11.9 Å². The molecule has 0 aliphatic carbocycles. The zero-order chi connectivity index (χ0) is 21.0. The van der Waals surface area contributed by atoms with E-state index in [9.17, 15) is 4.79 Å². The van der Waals surface area contributed by atoms with Crippen LogP contribution in [0.25, 0.3) is 21.9 Å². The second kappa shape index (κ2) is 8.62. The molecule has 1 fully saturated rings. The van der Waals surface area contributed by atoms with Crippen molar-refractivity contribution in [3.05, 3.63) is 85.1 Å². The molecule has 1 aromatic carbocycles. The average molecular weight is 409 g/mol. The molecule has 3 aromatic heterocycles. The molecule has 6 nitrogen and oxygen atoms in total. The number of hydrogen-bond acceptors (Lipinski definition) is 5. The number of nitrogens with one attached hydrogen (secondary N) is 1. The van der Waals surface area contributed by atoms with Gasteiger partial charge in [-0.1, -0.05) is 30.3 Å². The van der Waals surface area contributed by atoms with Crippen molar-refractivity contribution >= 4 is 22.5 Å². The summed E-state index contributed by atoms with van der Waals surface area (Å²) in [6.45, 7) is 1.72. The second-order valence-electron chi connectivity index (χ2n) is 7.73. The van der Waals surface area contributed by atoms with E-state index in [4.69, 9.17) is 0 Å². The molecule has 0 unspecified atom stereocenters. The van der Waals surface area contributed by atoms with Crippen LogP contribution in [-0.4, -0.2) is 40.0 Å². The summed E-state index contributed by atoms with van der Waals surface area (Å²) >= 11 is 0. The van der Waals surface area contributed by atoms with Gasteiger partial charge in [-0.3, -0.25) is 19.7 Å². The fourth-order valence-corrected chi connectivity index (χ4v) is 4.07. The molecule has 154 valence electrons. The molecule has 1 atom stereocenters. The normalized spacial score (nSPS) is 16.2. The van der Waals surface area contributed by atoms with Gasteiger partial charge in [0.25, 0.3) is 5.91 Å². The first-order chi connectivity index (χ1) is 15.3. The van der Waals surface area contributed by atoms with Crippen molar-refractivity contribution < 1.29 is 4.79 Å². The summed E-state index contributed by atoms with van der Waals surface area (Å²) in [5.74, 6) is 0.537. The summed E-state index contributed by atoms with van der Waals surface area (Å²) in [5.41, 5.74) is 2.39. The standard InChI is InChI=1S/C25H23N5O/c31-25(23-8-7-21(15-28-23)18-9-12-26-13-10-18)30(22-6-3-11-27-17-22)24-14-19-4-1-2-5-20(19)16-29-24/h1-2,4-5,7-10,12-16,22,27H,3,6,11,17H2/t22-/m1/s1. The number of pyridine rings is 3. The molecule has 1 N–H and O–H groups in total. The third-order valence-electron chi connectivity index (χ3n) is 5.71. The zero-order valence-electron chi connectivity index (χ0n) is 17.1.